The molecule has 0 aromatic heterocycles. The third-order valence-corrected chi connectivity index (χ3v) is 4.34. The molecule has 1 atom stereocenters. The Bertz CT molecular complexity index is 369. The molecule has 0 saturated carbocycles. The lowest BCUT2D eigenvalue weighted by Crippen LogP contribution is -2.46. The van der Waals surface area contributed by atoms with E-state index in [9.17, 15) is 4.79 Å². The highest BCUT2D eigenvalue weighted by Gasteiger charge is 2.20. The molecule has 1 N–H and O–H groups in total. The summed E-state index contributed by atoms with van der Waals surface area (Å²) in [4.78, 5) is 21.0. The maximum Gasteiger partial charge on any atom is 0.224 e. The van der Waals surface area contributed by atoms with Crippen LogP contribution in [-0.2, 0) is 4.79 Å². The van der Waals surface area contributed by atoms with E-state index in [4.69, 9.17) is 0 Å². The summed E-state index contributed by atoms with van der Waals surface area (Å²) in [6.07, 6.45) is 5.40. The number of carbonyl (C=O) groups excluding carboxylic acids is 1. The predicted octanol–water partition coefficient (Wildman–Crippen LogP) is 2.31. The molecule has 6 heteroatoms. The van der Waals surface area contributed by atoms with Crippen LogP contribution in [0.1, 0.15) is 46.0 Å². The van der Waals surface area contributed by atoms with Gasteiger partial charge in [0.2, 0.25) is 5.91 Å². The van der Waals surface area contributed by atoms with Crippen LogP contribution in [-0.4, -0.2) is 60.9 Å². The van der Waals surface area contributed by atoms with Gasteiger partial charge in [0.15, 0.2) is 5.96 Å². The van der Waals surface area contributed by atoms with Crippen molar-refractivity contribution in [3.8, 4) is 0 Å². The Morgan fingerprint density at radius 3 is 2.50 bits per heavy atom. The van der Waals surface area contributed by atoms with E-state index in [-0.39, 0.29) is 29.9 Å². The highest BCUT2D eigenvalue weighted by molar-refractivity contribution is 14.0. The van der Waals surface area contributed by atoms with Crippen molar-refractivity contribution in [2.75, 3.05) is 39.3 Å². The summed E-state index contributed by atoms with van der Waals surface area (Å²) in [6.45, 7) is 9.90. The van der Waals surface area contributed by atoms with Crippen LogP contribution in [0.3, 0.4) is 0 Å². The van der Waals surface area contributed by atoms with Gasteiger partial charge in [0.25, 0.3) is 0 Å². The van der Waals surface area contributed by atoms with Crippen molar-refractivity contribution in [3.05, 3.63) is 0 Å². The van der Waals surface area contributed by atoms with Crippen LogP contribution >= 0.6 is 24.0 Å². The van der Waals surface area contributed by atoms with E-state index in [1.165, 1.54) is 12.8 Å². The van der Waals surface area contributed by atoms with Crippen molar-refractivity contribution < 1.29 is 4.79 Å². The molecule has 2 saturated heterocycles. The molecule has 0 radical (unpaired) electrons. The first-order chi connectivity index (χ1) is 10.2. The number of nitrogens with one attached hydrogen (secondary N) is 1. The second kappa shape index (κ2) is 10.3. The molecule has 2 heterocycles. The number of likely N-dealkylation sites (tertiary alicyclic amines) is 2. The molecular weight excluding hydrogens is 391 g/mol. The summed E-state index contributed by atoms with van der Waals surface area (Å²) >= 11 is 0. The van der Waals surface area contributed by atoms with Gasteiger partial charge < -0.3 is 15.1 Å². The molecule has 128 valence electrons. The fourth-order valence-electron chi connectivity index (χ4n) is 3.19. The zero-order valence-electron chi connectivity index (χ0n) is 14.0. The average Bonchev–Trinajstić information content (AvgIpc) is 3.00. The number of aliphatic imine (C=N–C) groups is 1. The number of guanidine groups is 1. The second-order valence-corrected chi connectivity index (χ2v) is 6.27. The van der Waals surface area contributed by atoms with Crippen molar-refractivity contribution in [1.29, 1.82) is 0 Å². The van der Waals surface area contributed by atoms with Gasteiger partial charge >= 0.3 is 0 Å². The average molecular weight is 422 g/mol. The Kier molecular flexibility index (Phi) is 9.12. The summed E-state index contributed by atoms with van der Waals surface area (Å²) in [6, 6.07) is 0. The summed E-state index contributed by atoms with van der Waals surface area (Å²) in [5.41, 5.74) is 0. The molecule has 1 unspecified atom stereocenters. The number of hydrogen-bond donors (Lipinski definition) is 1. The predicted molar refractivity (Wildman–Crippen MR) is 102 cm³/mol. The molecule has 2 aliphatic heterocycles. The number of hydrogen-bond acceptors (Lipinski definition) is 2. The van der Waals surface area contributed by atoms with E-state index in [1.807, 2.05) is 4.90 Å². The molecule has 5 nitrogen and oxygen atoms in total. The lowest BCUT2D eigenvalue weighted by Gasteiger charge is -2.33. The zero-order chi connectivity index (χ0) is 15.1. The maximum absolute atomic E-state index is 12.0. The largest absolute Gasteiger partial charge is 0.357 e. The molecule has 2 rings (SSSR count). The smallest absolute Gasteiger partial charge is 0.224 e. The van der Waals surface area contributed by atoms with Crippen LogP contribution in [0.2, 0.25) is 0 Å². The van der Waals surface area contributed by atoms with Crippen molar-refractivity contribution >= 4 is 35.8 Å². The maximum atomic E-state index is 12.0. The van der Waals surface area contributed by atoms with Crippen LogP contribution in [0.25, 0.3) is 0 Å². The van der Waals surface area contributed by atoms with Crippen LogP contribution in [0, 0.1) is 5.92 Å². The van der Waals surface area contributed by atoms with Gasteiger partial charge in [0.05, 0.1) is 6.54 Å². The molecule has 0 aromatic rings. The highest BCUT2D eigenvalue weighted by Crippen LogP contribution is 2.15. The first kappa shape index (κ1) is 19.5. The van der Waals surface area contributed by atoms with Gasteiger partial charge in [0.1, 0.15) is 0 Å². The number of halogens is 1. The molecular formula is C16H31IN4O. The summed E-state index contributed by atoms with van der Waals surface area (Å²) in [7, 11) is 0. The van der Waals surface area contributed by atoms with E-state index >= 15 is 0 Å². The van der Waals surface area contributed by atoms with Gasteiger partial charge in [-0.15, -0.1) is 24.0 Å². The first-order valence-corrected chi connectivity index (χ1v) is 8.51. The molecule has 22 heavy (non-hydrogen) atoms. The number of carbonyl (C=O) groups is 1. The first-order valence-electron chi connectivity index (χ1n) is 8.51. The minimum atomic E-state index is 0. The van der Waals surface area contributed by atoms with Crippen LogP contribution < -0.4 is 5.32 Å². The van der Waals surface area contributed by atoms with Crippen molar-refractivity contribution in [2.24, 2.45) is 10.9 Å². The van der Waals surface area contributed by atoms with Gasteiger partial charge in [-0.1, -0.05) is 6.92 Å². The zero-order valence-corrected chi connectivity index (χ0v) is 16.3. The Morgan fingerprint density at radius 1 is 1.18 bits per heavy atom. The van der Waals surface area contributed by atoms with E-state index < -0.39 is 0 Å². The quantitative estimate of drug-likeness (QED) is 0.430. The summed E-state index contributed by atoms with van der Waals surface area (Å²) in [5, 5.41) is 3.37. The minimum Gasteiger partial charge on any atom is -0.357 e. The normalized spacial score (nSPS) is 22.5. The van der Waals surface area contributed by atoms with Gasteiger partial charge in [0, 0.05) is 39.1 Å². The highest BCUT2D eigenvalue weighted by atomic mass is 127. The Hall–Kier alpha value is -0.530. The van der Waals surface area contributed by atoms with Crippen LogP contribution in [0.4, 0.5) is 0 Å². The third kappa shape index (κ3) is 5.93. The number of nitrogens with zero attached hydrogens (tertiary/aromatic N) is 3. The lowest BCUT2D eigenvalue weighted by atomic mass is 10.0. The summed E-state index contributed by atoms with van der Waals surface area (Å²) in [5.74, 6) is 1.98. The monoisotopic (exact) mass is 422 g/mol. The van der Waals surface area contributed by atoms with E-state index in [0.717, 1.165) is 57.4 Å². The SMILES string of the molecule is CCNC(=NCCC(=O)N1CCCC1)N1CCCC(C)C1.I. The lowest BCUT2D eigenvalue weighted by molar-refractivity contribution is -0.129. The number of piperidine rings is 1. The second-order valence-electron chi connectivity index (χ2n) is 6.27. The minimum absolute atomic E-state index is 0. The van der Waals surface area contributed by atoms with Crippen LogP contribution in [0.5, 0.6) is 0 Å². The molecule has 1 amide bonds. The molecule has 0 aromatic carbocycles. The topological polar surface area (TPSA) is 47.9 Å². The Balaban J connectivity index is 0.00000242. The van der Waals surface area contributed by atoms with Crippen molar-refractivity contribution in [1.82, 2.24) is 15.1 Å². The van der Waals surface area contributed by atoms with Gasteiger partial charge in [-0.25, -0.2) is 0 Å². The van der Waals surface area contributed by atoms with Gasteiger partial charge in [-0.3, -0.25) is 9.79 Å². The molecule has 0 spiro atoms. The van der Waals surface area contributed by atoms with Crippen LogP contribution in [0.15, 0.2) is 4.99 Å². The number of amides is 1. The van der Waals surface area contributed by atoms with Gasteiger partial charge in [-0.05, 0) is 38.5 Å². The fraction of sp³-hybridized carbons (Fsp3) is 0.875. The summed E-state index contributed by atoms with van der Waals surface area (Å²) < 4.78 is 0. The number of rotatable bonds is 4. The van der Waals surface area contributed by atoms with E-state index in [1.54, 1.807) is 0 Å². The third-order valence-electron chi connectivity index (χ3n) is 4.34. The standard InChI is InChI=1S/C16H30N4O.HI/c1-3-17-16(20-12-6-7-14(2)13-20)18-9-8-15(21)19-10-4-5-11-19;/h14H,3-13H2,1-2H3,(H,17,18);1H. The molecule has 2 fully saturated rings. The fourth-order valence-corrected chi connectivity index (χ4v) is 3.19. The molecule has 0 aliphatic carbocycles. The van der Waals surface area contributed by atoms with Gasteiger partial charge in [-0.2, -0.15) is 0 Å². The van der Waals surface area contributed by atoms with E-state index in [2.05, 4.69) is 29.1 Å². The Morgan fingerprint density at radius 2 is 1.86 bits per heavy atom. The molecule has 2 aliphatic rings. The van der Waals surface area contributed by atoms with Crippen molar-refractivity contribution in [3.63, 3.8) is 0 Å². The molecule has 0 bridgehead atoms. The van der Waals surface area contributed by atoms with Crippen molar-refractivity contribution in [2.45, 2.75) is 46.0 Å². The Labute approximate surface area is 151 Å². The van der Waals surface area contributed by atoms with E-state index in [0.29, 0.717) is 13.0 Å².